The van der Waals surface area contributed by atoms with Crippen molar-refractivity contribution in [3.63, 3.8) is 0 Å². The topological polar surface area (TPSA) is 86.3 Å². The van der Waals surface area contributed by atoms with Crippen LogP contribution in [0.5, 0.6) is 11.5 Å². The van der Waals surface area contributed by atoms with E-state index in [2.05, 4.69) is 83.9 Å². The van der Waals surface area contributed by atoms with Gasteiger partial charge in [-0.25, -0.2) is 4.79 Å². The van der Waals surface area contributed by atoms with Crippen molar-refractivity contribution in [2.45, 2.75) is 149 Å². The number of ether oxygens (including phenoxy) is 4. The first-order valence-electron chi connectivity index (χ1n) is 22.3. The second-order valence-electron chi connectivity index (χ2n) is 15.1. The van der Waals surface area contributed by atoms with Crippen LogP contribution >= 0.6 is 0 Å². The Morgan fingerprint density at radius 2 is 1.21 bits per heavy atom. The molecule has 8 nitrogen and oxygen atoms in total. The fourth-order valence-electron chi connectivity index (χ4n) is 7.17. The van der Waals surface area contributed by atoms with Crippen molar-refractivity contribution in [1.82, 2.24) is 10.2 Å². The molecule has 0 saturated carbocycles. The largest absolute Gasteiger partial charge is 0.494 e. The minimum Gasteiger partial charge on any atom is -0.494 e. The van der Waals surface area contributed by atoms with Crippen molar-refractivity contribution in [1.29, 1.82) is 0 Å². The van der Waals surface area contributed by atoms with E-state index in [1.807, 2.05) is 6.92 Å². The number of likely N-dealkylation sites (tertiary alicyclic amines) is 1. The summed E-state index contributed by atoms with van der Waals surface area (Å²) in [5.74, 6) is 2.79. The van der Waals surface area contributed by atoms with Gasteiger partial charge in [-0.3, -0.25) is 4.79 Å². The van der Waals surface area contributed by atoms with Crippen LogP contribution in [0.25, 0.3) is 0 Å². The lowest BCUT2D eigenvalue weighted by atomic mass is 9.90. The number of unbranched alkanes of at least 4 members (excludes halogenated alkanes) is 10. The number of nitrogens with zero attached hydrogens (tertiary/aromatic N) is 1. The molecular formula is C48H78N2O6. The molecule has 316 valence electrons. The van der Waals surface area contributed by atoms with E-state index in [0.717, 1.165) is 63.4 Å². The number of benzene rings is 2. The first kappa shape index (κ1) is 48.8. The molecule has 0 aliphatic carbocycles. The third-order valence-corrected chi connectivity index (χ3v) is 10.4. The predicted octanol–water partition coefficient (Wildman–Crippen LogP) is 11.2. The number of carbonyl (C=O) groups is 2. The van der Waals surface area contributed by atoms with Gasteiger partial charge in [0.1, 0.15) is 11.5 Å². The molecule has 2 aromatic rings. The fraction of sp³-hybridized carbons (Fsp3) is 0.667. The first-order valence-corrected chi connectivity index (χ1v) is 22.3. The van der Waals surface area contributed by atoms with Crippen molar-refractivity contribution in [3.05, 3.63) is 72.3 Å². The maximum Gasteiger partial charge on any atom is 0.330 e. The van der Waals surface area contributed by atoms with Crippen molar-refractivity contribution >= 4 is 11.9 Å². The Kier molecular flexibility index (Phi) is 28.5. The Bertz CT molecular complexity index is 1260. The van der Waals surface area contributed by atoms with Gasteiger partial charge in [0.05, 0.1) is 32.8 Å². The molecule has 0 radical (unpaired) electrons. The molecule has 2 atom stereocenters. The smallest absolute Gasteiger partial charge is 0.330 e. The number of nitrogens with one attached hydrogen (secondary N) is 1. The van der Waals surface area contributed by atoms with Gasteiger partial charge in [-0.05, 0) is 113 Å². The van der Waals surface area contributed by atoms with Crippen LogP contribution < -0.4 is 14.8 Å². The van der Waals surface area contributed by atoms with Crippen LogP contribution in [-0.4, -0.2) is 76.0 Å². The zero-order valence-electron chi connectivity index (χ0n) is 35.8. The summed E-state index contributed by atoms with van der Waals surface area (Å²) in [4.78, 5) is 24.1. The van der Waals surface area contributed by atoms with E-state index in [1.54, 1.807) is 6.92 Å². The summed E-state index contributed by atoms with van der Waals surface area (Å²) in [6, 6.07) is 17.4. The van der Waals surface area contributed by atoms with Crippen LogP contribution in [0.3, 0.4) is 0 Å². The molecule has 2 aliphatic rings. The summed E-state index contributed by atoms with van der Waals surface area (Å²) in [5.41, 5.74) is 2.84. The highest BCUT2D eigenvalue weighted by molar-refractivity contribution is 5.81. The summed E-state index contributed by atoms with van der Waals surface area (Å²) < 4.78 is 21.2. The summed E-state index contributed by atoms with van der Waals surface area (Å²) in [7, 11) is 0. The maximum atomic E-state index is 11.6. The van der Waals surface area contributed by atoms with Crippen molar-refractivity contribution < 1.29 is 28.5 Å². The Morgan fingerprint density at radius 1 is 0.696 bits per heavy atom. The lowest BCUT2D eigenvalue weighted by Gasteiger charge is -2.32. The summed E-state index contributed by atoms with van der Waals surface area (Å²) in [6.45, 7) is 19.1. The molecule has 4 rings (SSSR count). The normalized spacial score (nSPS) is 16.6. The minimum atomic E-state index is -0.359. The average Bonchev–Trinajstić information content (AvgIpc) is 3.24. The molecular weight excluding hydrogens is 701 g/mol. The van der Waals surface area contributed by atoms with Gasteiger partial charge in [0, 0.05) is 25.7 Å². The molecule has 8 heteroatoms. The van der Waals surface area contributed by atoms with Crippen LogP contribution in [0.4, 0.5) is 0 Å². The molecule has 2 fully saturated rings. The van der Waals surface area contributed by atoms with Crippen LogP contribution in [-0.2, 0) is 19.1 Å². The highest BCUT2D eigenvalue weighted by Gasteiger charge is 2.22. The summed E-state index contributed by atoms with van der Waals surface area (Å²) in [6.07, 6.45) is 22.3. The highest BCUT2D eigenvalue weighted by Crippen LogP contribution is 2.29. The third kappa shape index (κ3) is 23.0. The van der Waals surface area contributed by atoms with Gasteiger partial charge in [-0.15, -0.1) is 0 Å². The molecule has 0 amide bonds. The second kappa shape index (κ2) is 32.7. The van der Waals surface area contributed by atoms with Gasteiger partial charge >= 0.3 is 11.9 Å². The van der Waals surface area contributed by atoms with E-state index in [4.69, 9.17) is 14.2 Å². The van der Waals surface area contributed by atoms with E-state index >= 15 is 0 Å². The zero-order valence-corrected chi connectivity index (χ0v) is 35.8. The Hall–Kier alpha value is -3.36. The molecule has 0 aromatic heterocycles. The van der Waals surface area contributed by atoms with Gasteiger partial charge in [-0.1, -0.05) is 109 Å². The zero-order chi connectivity index (χ0) is 40.5. The average molecular weight is 779 g/mol. The van der Waals surface area contributed by atoms with Crippen LogP contribution in [0.1, 0.15) is 160 Å². The molecule has 56 heavy (non-hydrogen) atoms. The molecule has 2 aliphatic heterocycles. The van der Waals surface area contributed by atoms with Gasteiger partial charge in [0.15, 0.2) is 0 Å². The van der Waals surface area contributed by atoms with E-state index in [9.17, 15) is 9.59 Å². The quantitative estimate of drug-likeness (QED) is 0.0640. The minimum absolute atomic E-state index is 0.0866. The summed E-state index contributed by atoms with van der Waals surface area (Å²) in [5, 5.41) is 3.48. The van der Waals surface area contributed by atoms with E-state index in [0.29, 0.717) is 31.5 Å². The van der Waals surface area contributed by atoms with Gasteiger partial charge in [-0.2, -0.15) is 0 Å². The fourth-order valence-corrected chi connectivity index (χ4v) is 7.17. The standard InChI is InChI=1S/C24H39NO3.C19H31NO.C5H8O2/c1-3-5-6-7-8-9-19-28-23-14-12-21(13-15-23)22-11-10-17-25(20-22)18-16-24(26)27-4-2;1-2-3-4-5-6-7-15-21-19-12-10-17(11-13-19)18-9-8-14-20-16-18;1-3-5(6)7-4-2/h12-15,22H,3-11,16-20H2,1-2H3;10-13,18,20H,2-9,14-16H2,1H3;3H,1,4H2,2H3. The van der Waals surface area contributed by atoms with E-state index in [-0.39, 0.29) is 11.9 Å². The lowest BCUT2D eigenvalue weighted by molar-refractivity contribution is -0.143. The van der Waals surface area contributed by atoms with Crippen LogP contribution in [0.15, 0.2) is 61.2 Å². The van der Waals surface area contributed by atoms with Crippen molar-refractivity contribution in [2.24, 2.45) is 0 Å². The third-order valence-electron chi connectivity index (χ3n) is 10.4. The highest BCUT2D eigenvalue weighted by atomic mass is 16.5. The molecule has 2 unspecified atom stereocenters. The molecule has 0 spiro atoms. The Labute approximate surface area is 341 Å². The SMILES string of the molecule is C=CC(=O)OCC.CCCCCCCCOc1ccc(C2CCCN(CCC(=O)OCC)C2)cc1.CCCCCCCCOc1ccc(C2CCCNC2)cc1. The number of rotatable bonds is 24. The number of hydrogen-bond donors (Lipinski definition) is 1. The maximum absolute atomic E-state index is 11.6. The van der Waals surface area contributed by atoms with Crippen molar-refractivity contribution in [2.75, 3.05) is 59.2 Å². The molecule has 2 aromatic carbocycles. The number of esters is 2. The van der Waals surface area contributed by atoms with Crippen LogP contribution in [0.2, 0.25) is 0 Å². The number of hydrogen-bond acceptors (Lipinski definition) is 8. The number of piperidine rings is 2. The Morgan fingerprint density at radius 3 is 1.70 bits per heavy atom. The monoisotopic (exact) mass is 779 g/mol. The molecule has 2 saturated heterocycles. The molecule has 1 N–H and O–H groups in total. The Balaban J connectivity index is 0.000000339. The molecule has 0 bridgehead atoms. The van der Waals surface area contributed by atoms with Crippen molar-refractivity contribution in [3.8, 4) is 11.5 Å². The number of carbonyl (C=O) groups excluding carboxylic acids is 2. The van der Waals surface area contributed by atoms with Gasteiger partial charge in [0.25, 0.3) is 0 Å². The van der Waals surface area contributed by atoms with Crippen LogP contribution in [0, 0.1) is 0 Å². The second-order valence-corrected chi connectivity index (χ2v) is 15.1. The molecule has 2 heterocycles. The lowest BCUT2D eigenvalue weighted by Crippen LogP contribution is -2.36. The van der Waals surface area contributed by atoms with E-state index < -0.39 is 0 Å². The summed E-state index contributed by atoms with van der Waals surface area (Å²) >= 11 is 0. The first-order chi connectivity index (χ1) is 27.4. The van der Waals surface area contributed by atoms with E-state index in [1.165, 1.54) is 114 Å². The van der Waals surface area contributed by atoms with Gasteiger partial charge < -0.3 is 29.2 Å². The predicted molar refractivity (Wildman–Crippen MR) is 232 cm³/mol. The van der Waals surface area contributed by atoms with Gasteiger partial charge in [0.2, 0.25) is 0 Å².